The second kappa shape index (κ2) is 10.7. The fourth-order valence-corrected chi connectivity index (χ4v) is 2.50. The number of benzene rings is 1. The van der Waals surface area contributed by atoms with Gasteiger partial charge in [0.05, 0.1) is 11.8 Å². The number of amides is 1. The van der Waals surface area contributed by atoms with Gasteiger partial charge in [-0.3, -0.25) is 9.59 Å². The Morgan fingerprint density at radius 2 is 1.71 bits per heavy atom. The highest BCUT2D eigenvalue weighted by Crippen LogP contribution is 2.19. The van der Waals surface area contributed by atoms with Crippen molar-refractivity contribution in [2.24, 2.45) is 11.8 Å². The van der Waals surface area contributed by atoms with E-state index in [4.69, 9.17) is 9.47 Å². The van der Waals surface area contributed by atoms with Crippen LogP contribution in [0, 0.1) is 11.8 Å². The maximum absolute atomic E-state index is 12.1. The van der Waals surface area contributed by atoms with Crippen molar-refractivity contribution >= 4 is 18.0 Å². The van der Waals surface area contributed by atoms with Gasteiger partial charge in [0.2, 0.25) is 0 Å². The number of carbonyl (C=O) groups excluding carboxylic acids is 2. The molecule has 1 aromatic rings. The van der Waals surface area contributed by atoms with Gasteiger partial charge in [-0.2, -0.15) is 0 Å². The minimum absolute atomic E-state index is 0.00396. The van der Waals surface area contributed by atoms with E-state index in [0.717, 1.165) is 5.56 Å². The lowest BCUT2D eigenvalue weighted by Gasteiger charge is -2.24. The van der Waals surface area contributed by atoms with Gasteiger partial charge in [-0.05, 0) is 39.2 Å². The monoisotopic (exact) mass is 393 g/mol. The standard InChI is InChI=1S/C21H31NO6/c1-15(19(25)28-21(2,3)4)11-12-17(18(23)24)13-22(5)20(26)27-14-16-9-7-6-8-10-16/h6-10,15,17H,11-14H2,1-5H3,(H,23,24)/t15-,17-/m0/s1. The number of esters is 1. The topological polar surface area (TPSA) is 93.1 Å². The number of carbonyl (C=O) groups is 3. The second-order valence-corrected chi connectivity index (χ2v) is 7.97. The molecule has 0 aliphatic heterocycles. The molecule has 7 nitrogen and oxygen atoms in total. The van der Waals surface area contributed by atoms with Crippen molar-refractivity contribution in [3.05, 3.63) is 35.9 Å². The minimum atomic E-state index is -1.01. The maximum Gasteiger partial charge on any atom is 0.409 e. The number of rotatable bonds is 9. The van der Waals surface area contributed by atoms with Crippen LogP contribution in [-0.4, -0.2) is 47.2 Å². The Kier molecular flexibility index (Phi) is 8.96. The Bertz CT molecular complexity index is 653. The molecule has 1 aromatic carbocycles. The lowest BCUT2D eigenvalue weighted by Crippen LogP contribution is -2.35. The third-order valence-corrected chi connectivity index (χ3v) is 4.12. The SMILES string of the molecule is C[C@@H](CC[C@@H](CN(C)C(=O)OCc1ccccc1)C(=O)O)C(=O)OC(C)(C)C. The Balaban J connectivity index is 2.51. The van der Waals surface area contributed by atoms with Crippen molar-refractivity contribution in [1.82, 2.24) is 4.90 Å². The van der Waals surface area contributed by atoms with Crippen molar-refractivity contribution in [3.8, 4) is 0 Å². The number of hydrogen-bond acceptors (Lipinski definition) is 5. The highest BCUT2D eigenvalue weighted by molar-refractivity contribution is 5.74. The largest absolute Gasteiger partial charge is 0.481 e. The van der Waals surface area contributed by atoms with E-state index in [1.165, 1.54) is 11.9 Å². The summed E-state index contributed by atoms with van der Waals surface area (Å²) in [6, 6.07) is 9.24. The molecule has 0 unspecified atom stereocenters. The van der Waals surface area contributed by atoms with Crippen molar-refractivity contribution in [3.63, 3.8) is 0 Å². The van der Waals surface area contributed by atoms with Crippen LogP contribution in [0.5, 0.6) is 0 Å². The summed E-state index contributed by atoms with van der Waals surface area (Å²) in [5.74, 6) is -2.58. The van der Waals surface area contributed by atoms with E-state index in [9.17, 15) is 19.5 Å². The summed E-state index contributed by atoms with van der Waals surface area (Å²) in [5.41, 5.74) is 0.269. The Morgan fingerprint density at radius 3 is 2.25 bits per heavy atom. The Labute approximate surface area is 166 Å². The number of carboxylic acids is 1. The first kappa shape index (κ1) is 23.5. The van der Waals surface area contributed by atoms with Crippen LogP contribution in [0.1, 0.15) is 46.1 Å². The molecule has 1 rings (SSSR count). The van der Waals surface area contributed by atoms with E-state index in [2.05, 4.69) is 0 Å². The van der Waals surface area contributed by atoms with Gasteiger partial charge in [0.1, 0.15) is 12.2 Å². The molecular formula is C21H31NO6. The van der Waals surface area contributed by atoms with Gasteiger partial charge in [0.25, 0.3) is 0 Å². The van der Waals surface area contributed by atoms with Crippen LogP contribution in [0.3, 0.4) is 0 Å². The maximum atomic E-state index is 12.1. The number of aliphatic carboxylic acids is 1. The summed E-state index contributed by atoms with van der Waals surface area (Å²) in [4.78, 5) is 37.0. The molecule has 1 N–H and O–H groups in total. The summed E-state index contributed by atoms with van der Waals surface area (Å²) in [5, 5.41) is 9.45. The van der Waals surface area contributed by atoms with Crippen LogP contribution in [0.2, 0.25) is 0 Å². The summed E-state index contributed by atoms with van der Waals surface area (Å²) in [6.07, 6.45) is 0.0282. The lowest BCUT2D eigenvalue weighted by atomic mass is 9.96. The number of nitrogens with zero attached hydrogens (tertiary/aromatic N) is 1. The molecule has 2 atom stereocenters. The molecule has 0 spiro atoms. The second-order valence-electron chi connectivity index (χ2n) is 7.97. The molecule has 7 heteroatoms. The summed E-state index contributed by atoms with van der Waals surface area (Å²) in [6.45, 7) is 7.20. The zero-order chi connectivity index (χ0) is 21.3. The van der Waals surface area contributed by atoms with Gasteiger partial charge >= 0.3 is 18.0 Å². The van der Waals surface area contributed by atoms with E-state index >= 15 is 0 Å². The third-order valence-electron chi connectivity index (χ3n) is 4.12. The van der Waals surface area contributed by atoms with Crippen molar-refractivity contribution in [1.29, 1.82) is 0 Å². The molecule has 0 heterocycles. The highest BCUT2D eigenvalue weighted by atomic mass is 16.6. The number of hydrogen-bond donors (Lipinski definition) is 1. The van der Waals surface area contributed by atoms with Crippen LogP contribution < -0.4 is 0 Å². The lowest BCUT2D eigenvalue weighted by molar-refractivity contribution is -0.160. The first-order chi connectivity index (χ1) is 13.0. The molecule has 156 valence electrons. The smallest absolute Gasteiger partial charge is 0.409 e. The van der Waals surface area contributed by atoms with Crippen molar-refractivity contribution in [2.75, 3.05) is 13.6 Å². The Hall–Kier alpha value is -2.57. The fraction of sp³-hybridized carbons (Fsp3) is 0.571. The van der Waals surface area contributed by atoms with Gasteiger partial charge < -0.3 is 19.5 Å². The van der Waals surface area contributed by atoms with Gasteiger partial charge in [-0.25, -0.2) is 4.79 Å². The number of ether oxygens (including phenoxy) is 2. The summed E-state index contributed by atoms with van der Waals surface area (Å²) in [7, 11) is 1.50. The van der Waals surface area contributed by atoms with Gasteiger partial charge in [-0.15, -0.1) is 0 Å². The molecule has 0 saturated carbocycles. The van der Waals surface area contributed by atoms with Crippen LogP contribution in [0.15, 0.2) is 30.3 Å². The zero-order valence-corrected chi connectivity index (χ0v) is 17.3. The molecule has 0 aliphatic rings. The Morgan fingerprint density at radius 1 is 1.11 bits per heavy atom. The van der Waals surface area contributed by atoms with E-state index in [-0.39, 0.29) is 25.5 Å². The summed E-state index contributed by atoms with van der Waals surface area (Å²) < 4.78 is 10.5. The van der Waals surface area contributed by atoms with Crippen LogP contribution in [-0.2, 0) is 25.7 Å². The average molecular weight is 393 g/mol. The fourth-order valence-electron chi connectivity index (χ4n) is 2.50. The minimum Gasteiger partial charge on any atom is -0.481 e. The van der Waals surface area contributed by atoms with Gasteiger partial charge in [-0.1, -0.05) is 37.3 Å². The van der Waals surface area contributed by atoms with Gasteiger partial charge in [0, 0.05) is 13.6 Å². The molecule has 0 fully saturated rings. The average Bonchev–Trinajstić information content (AvgIpc) is 2.61. The first-order valence-corrected chi connectivity index (χ1v) is 9.37. The molecule has 0 aromatic heterocycles. The molecule has 0 radical (unpaired) electrons. The summed E-state index contributed by atoms with van der Waals surface area (Å²) >= 11 is 0. The first-order valence-electron chi connectivity index (χ1n) is 9.37. The molecular weight excluding hydrogens is 362 g/mol. The molecule has 0 aliphatic carbocycles. The van der Waals surface area contributed by atoms with E-state index < -0.39 is 29.5 Å². The van der Waals surface area contributed by atoms with Crippen LogP contribution in [0.25, 0.3) is 0 Å². The predicted octanol–water partition coefficient (Wildman–Crippen LogP) is 3.71. The van der Waals surface area contributed by atoms with Gasteiger partial charge in [0.15, 0.2) is 0 Å². The van der Waals surface area contributed by atoms with E-state index in [1.807, 2.05) is 30.3 Å². The van der Waals surface area contributed by atoms with E-state index in [0.29, 0.717) is 6.42 Å². The number of carboxylic acid groups (broad SMARTS) is 1. The molecule has 28 heavy (non-hydrogen) atoms. The molecule has 1 amide bonds. The van der Waals surface area contributed by atoms with Crippen LogP contribution in [0.4, 0.5) is 4.79 Å². The van der Waals surface area contributed by atoms with Crippen molar-refractivity contribution in [2.45, 2.75) is 52.7 Å². The normalized spacial score (nSPS) is 13.3. The molecule has 0 bridgehead atoms. The quantitative estimate of drug-likeness (QED) is 0.643. The van der Waals surface area contributed by atoms with Crippen molar-refractivity contribution < 1.29 is 29.0 Å². The predicted molar refractivity (Wildman–Crippen MR) is 105 cm³/mol. The highest BCUT2D eigenvalue weighted by Gasteiger charge is 2.26. The van der Waals surface area contributed by atoms with Crippen LogP contribution >= 0.6 is 0 Å². The third kappa shape index (κ3) is 8.88. The zero-order valence-electron chi connectivity index (χ0n) is 17.3. The molecule has 0 saturated heterocycles. The van der Waals surface area contributed by atoms with E-state index in [1.54, 1.807) is 27.7 Å².